The minimum Gasteiger partial charge on any atom is -0.443 e. The fraction of sp³-hybridized carbons (Fsp3) is 0.750. The summed E-state index contributed by atoms with van der Waals surface area (Å²) in [5, 5.41) is 0. The number of nitrogens with zero attached hydrogens (tertiary/aromatic N) is 2. The van der Waals surface area contributed by atoms with Gasteiger partial charge in [-0.2, -0.15) is 3.93 Å². The molecule has 0 rings (SSSR count). The summed E-state index contributed by atoms with van der Waals surface area (Å²) in [6.07, 6.45) is -0.462. The Morgan fingerprint density at radius 2 is 1.92 bits per heavy atom. The molecule has 4 nitrogen and oxygen atoms in total. The van der Waals surface area contributed by atoms with E-state index < -0.39 is 11.7 Å². The van der Waals surface area contributed by atoms with Crippen LogP contribution >= 0.6 is 16.1 Å². The predicted molar refractivity (Wildman–Crippen MR) is 56.0 cm³/mol. The first-order valence-corrected chi connectivity index (χ1v) is 4.61. The number of hydrogen-bond donors (Lipinski definition) is 0. The van der Waals surface area contributed by atoms with Gasteiger partial charge in [-0.25, -0.2) is 4.79 Å². The van der Waals surface area contributed by atoms with Crippen LogP contribution in [0.1, 0.15) is 27.7 Å². The lowest BCUT2D eigenvalue weighted by Crippen LogP contribution is -2.33. The van der Waals surface area contributed by atoms with Crippen LogP contribution in [0.4, 0.5) is 4.79 Å². The van der Waals surface area contributed by atoms with E-state index in [0.29, 0.717) is 5.84 Å². The predicted octanol–water partition coefficient (Wildman–Crippen LogP) is 2.58. The zero-order valence-electron chi connectivity index (χ0n) is 8.59. The van der Waals surface area contributed by atoms with Crippen LogP contribution in [0.3, 0.4) is 0 Å². The number of carbonyl (C=O) groups is 1. The molecule has 0 heterocycles. The first-order chi connectivity index (χ1) is 5.78. The van der Waals surface area contributed by atoms with E-state index in [1.807, 2.05) is 20.8 Å². The molecular weight excluding hydrogens is 236 g/mol. The monoisotopic (exact) mass is 250 g/mol. The first-order valence-electron chi connectivity index (χ1n) is 3.90. The van der Waals surface area contributed by atoms with Gasteiger partial charge < -0.3 is 4.74 Å². The summed E-state index contributed by atoms with van der Waals surface area (Å²) in [5.41, 5.74) is -0.489. The number of amidine groups is 1. The Hall–Kier alpha value is -0.580. The lowest BCUT2D eigenvalue weighted by molar-refractivity contribution is 0.0480. The standard InChI is InChI=1S/C8H15BrN2O2/c1-6(10-5)11(9)7(12)13-8(2,3)4/h1-5H3. The number of amides is 1. The van der Waals surface area contributed by atoms with Gasteiger partial charge in [0.25, 0.3) is 0 Å². The van der Waals surface area contributed by atoms with Crippen molar-refractivity contribution in [2.75, 3.05) is 7.05 Å². The van der Waals surface area contributed by atoms with Gasteiger partial charge in [0.1, 0.15) is 11.4 Å². The third-order valence-electron chi connectivity index (χ3n) is 1.16. The molecule has 0 spiro atoms. The van der Waals surface area contributed by atoms with E-state index in [1.165, 1.54) is 3.93 Å². The van der Waals surface area contributed by atoms with Crippen molar-refractivity contribution in [2.45, 2.75) is 33.3 Å². The highest BCUT2D eigenvalue weighted by atomic mass is 79.9. The van der Waals surface area contributed by atoms with Gasteiger partial charge in [0.15, 0.2) is 0 Å². The lowest BCUT2D eigenvalue weighted by Gasteiger charge is -2.22. The molecule has 0 aromatic rings. The van der Waals surface area contributed by atoms with Gasteiger partial charge in [0, 0.05) is 7.05 Å². The molecule has 0 N–H and O–H groups in total. The molecule has 0 atom stereocenters. The Labute approximate surface area is 87.3 Å². The van der Waals surface area contributed by atoms with Gasteiger partial charge in [-0.1, -0.05) is 0 Å². The molecule has 0 aliphatic rings. The van der Waals surface area contributed by atoms with E-state index in [0.717, 1.165) is 0 Å². The van der Waals surface area contributed by atoms with Crippen molar-refractivity contribution in [3.8, 4) is 0 Å². The van der Waals surface area contributed by atoms with Crippen LogP contribution in [0.2, 0.25) is 0 Å². The second-order valence-electron chi connectivity index (χ2n) is 3.53. The molecular formula is C8H15BrN2O2. The fourth-order valence-corrected chi connectivity index (χ4v) is 0.753. The van der Waals surface area contributed by atoms with Crippen LogP contribution in [0.5, 0.6) is 0 Å². The molecule has 0 aromatic carbocycles. The maximum atomic E-state index is 11.3. The van der Waals surface area contributed by atoms with E-state index in [-0.39, 0.29) is 0 Å². The van der Waals surface area contributed by atoms with Gasteiger partial charge in [-0.15, -0.1) is 0 Å². The molecule has 0 fully saturated rings. The molecule has 0 unspecified atom stereocenters. The Kier molecular flexibility index (Phi) is 4.39. The summed E-state index contributed by atoms with van der Waals surface area (Å²) in [5.74, 6) is 0.550. The maximum absolute atomic E-state index is 11.3. The molecule has 5 heteroatoms. The number of hydrogen-bond acceptors (Lipinski definition) is 3. The summed E-state index contributed by atoms with van der Waals surface area (Å²) < 4.78 is 6.27. The highest BCUT2D eigenvalue weighted by Crippen LogP contribution is 2.12. The number of ether oxygens (including phenoxy) is 1. The van der Waals surface area contributed by atoms with Crippen molar-refractivity contribution in [1.29, 1.82) is 0 Å². The molecule has 13 heavy (non-hydrogen) atoms. The van der Waals surface area contributed by atoms with Crippen molar-refractivity contribution in [2.24, 2.45) is 4.99 Å². The number of carbonyl (C=O) groups excluding carboxylic acids is 1. The number of rotatable bonds is 0. The van der Waals surface area contributed by atoms with E-state index in [9.17, 15) is 4.79 Å². The van der Waals surface area contributed by atoms with Crippen LogP contribution in [0.15, 0.2) is 4.99 Å². The zero-order valence-corrected chi connectivity index (χ0v) is 10.2. The molecule has 0 aromatic heterocycles. The zero-order chi connectivity index (χ0) is 10.6. The minimum atomic E-state index is -0.489. The Morgan fingerprint density at radius 3 is 2.23 bits per heavy atom. The minimum absolute atomic E-state index is 0.462. The summed E-state index contributed by atoms with van der Waals surface area (Å²) in [6.45, 7) is 7.14. The highest BCUT2D eigenvalue weighted by Gasteiger charge is 2.21. The molecule has 76 valence electrons. The van der Waals surface area contributed by atoms with E-state index in [1.54, 1.807) is 14.0 Å². The Balaban J connectivity index is 4.29. The summed E-state index contributed by atoms with van der Waals surface area (Å²) in [6, 6.07) is 0. The van der Waals surface area contributed by atoms with Crippen molar-refractivity contribution in [3.63, 3.8) is 0 Å². The van der Waals surface area contributed by atoms with Gasteiger partial charge in [-0.3, -0.25) is 4.99 Å². The van der Waals surface area contributed by atoms with E-state index >= 15 is 0 Å². The number of halogens is 1. The molecule has 0 aliphatic heterocycles. The first kappa shape index (κ1) is 12.4. The van der Waals surface area contributed by atoms with Gasteiger partial charge >= 0.3 is 6.09 Å². The molecule has 0 radical (unpaired) electrons. The third-order valence-corrected chi connectivity index (χ3v) is 1.96. The molecule has 0 saturated heterocycles. The Morgan fingerprint density at radius 1 is 1.46 bits per heavy atom. The third kappa shape index (κ3) is 4.87. The topological polar surface area (TPSA) is 41.9 Å². The van der Waals surface area contributed by atoms with Crippen molar-refractivity contribution < 1.29 is 9.53 Å². The van der Waals surface area contributed by atoms with Crippen LogP contribution < -0.4 is 0 Å². The largest absolute Gasteiger partial charge is 0.443 e. The van der Waals surface area contributed by atoms with Crippen molar-refractivity contribution >= 4 is 28.1 Å². The van der Waals surface area contributed by atoms with Crippen LogP contribution in [-0.4, -0.2) is 28.5 Å². The molecule has 0 saturated carbocycles. The lowest BCUT2D eigenvalue weighted by atomic mass is 10.2. The van der Waals surface area contributed by atoms with Crippen LogP contribution in [0, 0.1) is 0 Å². The van der Waals surface area contributed by atoms with E-state index in [4.69, 9.17) is 4.74 Å². The number of aliphatic imine (C=N–C) groups is 1. The second kappa shape index (κ2) is 4.60. The summed E-state index contributed by atoms with van der Waals surface area (Å²) in [7, 11) is 1.61. The van der Waals surface area contributed by atoms with Gasteiger partial charge in [-0.05, 0) is 27.7 Å². The highest BCUT2D eigenvalue weighted by molar-refractivity contribution is 9.08. The molecule has 0 bridgehead atoms. The fourth-order valence-electron chi connectivity index (χ4n) is 0.522. The van der Waals surface area contributed by atoms with Gasteiger partial charge in [0.05, 0.1) is 16.1 Å². The summed E-state index contributed by atoms with van der Waals surface area (Å²) >= 11 is 3.05. The van der Waals surface area contributed by atoms with Crippen molar-refractivity contribution in [3.05, 3.63) is 0 Å². The molecule has 0 aliphatic carbocycles. The maximum Gasteiger partial charge on any atom is 0.426 e. The second-order valence-corrected chi connectivity index (χ2v) is 4.24. The average molecular weight is 251 g/mol. The van der Waals surface area contributed by atoms with Crippen LogP contribution in [-0.2, 0) is 4.74 Å². The summed E-state index contributed by atoms with van der Waals surface area (Å²) in [4.78, 5) is 15.2. The SMILES string of the molecule is CN=C(C)N(Br)C(=O)OC(C)(C)C. The average Bonchev–Trinajstić information content (AvgIpc) is 1.98. The normalized spacial score (nSPS) is 12.6. The van der Waals surface area contributed by atoms with E-state index in [2.05, 4.69) is 21.1 Å². The van der Waals surface area contributed by atoms with Crippen LogP contribution in [0.25, 0.3) is 0 Å². The van der Waals surface area contributed by atoms with Gasteiger partial charge in [0.2, 0.25) is 0 Å². The Bertz CT molecular complexity index is 221. The smallest absolute Gasteiger partial charge is 0.426 e. The molecule has 1 amide bonds. The quantitative estimate of drug-likeness (QED) is 0.377. The van der Waals surface area contributed by atoms with Crippen molar-refractivity contribution in [1.82, 2.24) is 3.93 Å².